The molecule has 0 bridgehead atoms. The van der Waals surface area contributed by atoms with E-state index in [9.17, 15) is 4.79 Å². The summed E-state index contributed by atoms with van der Waals surface area (Å²) in [7, 11) is 0. The van der Waals surface area contributed by atoms with Gasteiger partial charge in [-0.15, -0.1) is 36.2 Å². The summed E-state index contributed by atoms with van der Waals surface area (Å²) in [4.78, 5) is 25.7. The van der Waals surface area contributed by atoms with E-state index in [1.165, 1.54) is 0 Å². The van der Waals surface area contributed by atoms with Crippen LogP contribution in [0.5, 0.6) is 0 Å². The molecule has 2 aromatic rings. The van der Waals surface area contributed by atoms with E-state index >= 15 is 0 Å². The fraction of sp³-hybridized carbons (Fsp3) is 0.562. The maximum atomic E-state index is 12.6. The van der Waals surface area contributed by atoms with Crippen LogP contribution in [0.15, 0.2) is 17.8 Å². The lowest BCUT2D eigenvalue weighted by molar-refractivity contribution is -0.136. The number of aromatic nitrogens is 2. The molecule has 2 aliphatic rings. The lowest BCUT2D eigenvalue weighted by Gasteiger charge is -2.37. The predicted octanol–water partition coefficient (Wildman–Crippen LogP) is 2.18. The SMILES string of the molecule is Cl.Cl.O=C(C1CCCNC1)N1CCN(c2ncnc3ccsc23)CC1. The van der Waals surface area contributed by atoms with Gasteiger partial charge >= 0.3 is 0 Å². The molecule has 0 radical (unpaired) electrons. The molecule has 0 saturated carbocycles. The van der Waals surface area contributed by atoms with Crippen LogP contribution in [-0.2, 0) is 4.79 Å². The van der Waals surface area contributed by atoms with E-state index < -0.39 is 0 Å². The van der Waals surface area contributed by atoms with Gasteiger partial charge < -0.3 is 15.1 Å². The number of rotatable bonds is 2. The summed E-state index contributed by atoms with van der Waals surface area (Å²) in [5, 5.41) is 5.39. The Labute approximate surface area is 163 Å². The molecule has 2 aromatic heterocycles. The minimum atomic E-state index is 0. The largest absolute Gasteiger partial charge is 0.352 e. The zero-order valence-electron chi connectivity index (χ0n) is 13.9. The van der Waals surface area contributed by atoms with Gasteiger partial charge in [-0.05, 0) is 30.8 Å². The minimum Gasteiger partial charge on any atom is -0.352 e. The number of fused-ring (bicyclic) bond motifs is 1. The highest BCUT2D eigenvalue weighted by molar-refractivity contribution is 7.17. The molecule has 4 rings (SSSR count). The van der Waals surface area contributed by atoms with Crippen molar-refractivity contribution < 1.29 is 4.79 Å². The summed E-state index contributed by atoms with van der Waals surface area (Å²) in [6.45, 7) is 5.13. The number of carbonyl (C=O) groups is 1. The summed E-state index contributed by atoms with van der Waals surface area (Å²) in [6, 6.07) is 2.03. The standard InChI is InChI=1S/C16H21N5OS.2ClH/c22-16(12-2-1-4-17-10-12)21-7-5-20(6-8-21)15-14-13(3-9-23-14)18-11-19-15;;/h3,9,11-12,17H,1-2,4-8,10H2;2*1H. The van der Waals surface area contributed by atoms with Gasteiger partial charge in [-0.1, -0.05) is 0 Å². The Bertz CT molecular complexity index is 699. The number of thiophene rings is 1. The molecule has 6 nitrogen and oxygen atoms in total. The summed E-state index contributed by atoms with van der Waals surface area (Å²) >= 11 is 1.68. The summed E-state index contributed by atoms with van der Waals surface area (Å²) in [5.74, 6) is 1.50. The molecule has 1 amide bonds. The highest BCUT2D eigenvalue weighted by Gasteiger charge is 2.29. The third kappa shape index (κ3) is 4.16. The van der Waals surface area contributed by atoms with Crippen LogP contribution in [-0.4, -0.2) is 60.0 Å². The fourth-order valence-electron chi connectivity index (χ4n) is 3.46. The first kappa shape index (κ1) is 20.2. The van der Waals surface area contributed by atoms with Crippen molar-refractivity contribution in [2.24, 2.45) is 5.92 Å². The number of piperidine rings is 1. The first-order valence-corrected chi connectivity index (χ1v) is 9.13. The van der Waals surface area contributed by atoms with Crippen molar-refractivity contribution in [3.8, 4) is 0 Å². The fourth-order valence-corrected chi connectivity index (χ4v) is 4.32. The lowest BCUT2D eigenvalue weighted by atomic mass is 9.98. The Morgan fingerprint density at radius 1 is 1.20 bits per heavy atom. The molecular weight excluding hydrogens is 381 g/mol. The molecule has 9 heteroatoms. The number of nitrogens with zero attached hydrogens (tertiary/aromatic N) is 4. The molecule has 138 valence electrons. The monoisotopic (exact) mass is 403 g/mol. The van der Waals surface area contributed by atoms with Gasteiger partial charge in [0.2, 0.25) is 5.91 Å². The molecule has 1 unspecified atom stereocenters. The number of anilines is 1. The zero-order valence-corrected chi connectivity index (χ0v) is 16.3. The third-order valence-electron chi connectivity index (χ3n) is 4.76. The highest BCUT2D eigenvalue weighted by atomic mass is 35.5. The molecule has 2 aliphatic heterocycles. The predicted molar refractivity (Wildman–Crippen MR) is 106 cm³/mol. The van der Waals surface area contributed by atoms with Crippen LogP contribution in [0.3, 0.4) is 0 Å². The normalized spacial score (nSPS) is 20.7. The summed E-state index contributed by atoms with van der Waals surface area (Å²) in [6.07, 6.45) is 3.76. The summed E-state index contributed by atoms with van der Waals surface area (Å²) in [5.41, 5.74) is 1.01. The Morgan fingerprint density at radius 2 is 2.00 bits per heavy atom. The number of piperazine rings is 1. The number of hydrogen-bond acceptors (Lipinski definition) is 6. The molecule has 2 fully saturated rings. The van der Waals surface area contributed by atoms with Crippen molar-refractivity contribution in [2.75, 3.05) is 44.2 Å². The molecule has 0 aliphatic carbocycles. The maximum Gasteiger partial charge on any atom is 0.227 e. The van der Waals surface area contributed by atoms with E-state index in [4.69, 9.17) is 0 Å². The number of nitrogens with one attached hydrogen (secondary N) is 1. The number of halogens is 2. The van der Waals surface area contributed by atoms with Gasteiger partial charge in [0, 0.05) is 32.7 Å². The van der Waals surface area contributed by atoms with Crippen molar-refractivity contribution in [2.45, 2.75) is 12.8 Å². The number of amides is 1. The Balaban J connectivity index is 0.00000113. The van der Waals surface area contributed by atoms with Crippen molar-refractivity contribution >= 4 is 58.1 Å². The second-order valence-corrected chi connectivity index (χ2v) is 7.10. The minimum absolute atomic E-state index is 0. The molecule has 0 aromatic carbocycles. The van der Waals surface area contributed by atoms with Crippen LogP contribution in [0.1, 0.15) is 12.8 Å². The van der Waals surface area contributed by atoms with Crippen molar-refractivity contribution in [1.29, 1.82) is 0 Å². The van der Waals surface area contributed by atoms with E-state index in [0.29, 0.717) is 5.91 Å². The van der Waals surface area contributed by atoms with Crippen LogP contribution >= 0.6 is 36.2 Å². The molecule has 4 heterocycles. The lowest BCUT2D eigenvalue weighted by Crippen LogP contribution is -2.52. The van der Waals surface area contributed by atoms with Crippen molar-refractivity contribution in [3.63, 3.8) is 0 Å². The van der Waals surface area contributed by atoms with Crippen molar-refractivity contribution in [1.82, 2.24) is 20.2 Å². The van der Waals surface area contributed by atoms with Gasteiger partial charge in [0.15, 0.2) is 0 Å². The molecule has 1 N–H and O–H groups in total. The van der Waals surface area contributed by atoms with E-state index in [1.807, 2.05) is 11.0 Å². The Hall–Kier alpha value is -1.15. The Kier molecular flexibility index (Phi) is 7.25. The molecule has 0 spiro atoms. The maximum absolute atomic E-state index is 12.6. The van der Waals surface area contributed by atoms with Crippen LogP contribution in [0.4, 0.5) is 5.82 Å². The van der Waals surface area contributed by atoms with Gasteiger partial charge in [-0.25, -0.2) is 9.97 Å². The molecule has 1 atom stereocenters. The van der Waals surface area contributed by atoms with E-state index in [1.54, 1.807) is 17.7 Å². The number of hydrogen-bond donors (Lipinski definition) is 1. The van der Waals surface area contributed by atoms with Crippen LogP contribution in [0.2, 0.25) is 0 Å². The Morgan fingerprint density at radius 3 is 2.72 bits per heavy atom. The van der Waals surface area contributed by atoms with Gasteiger partial charge in [-0.3, -0.25) is 4.79 Å². The van der Waals surface area contributed by atoms with Gasteiger partial charge in [0.25, 0.3) is 0 Å². The topological polar surface area (TPSA) is 61.4 Å². The number of carbonyl (C=O) groups excluding carboxylic acids is 1. The quantitative estimate of drug-likeness (QED) is 0.832. The van der Waals surface area contributed by atoms with Gasteiger partial charge in [0.05, 0.1) is 16.1 Å². The smallest absolute Gasteiger partial charge is 0.227 e. The van der Waals surface area contributed by atoms with Crippen LogP contribution in [0.25, 0.3) is 10.2 Å². The second kappa shape index (κ2) is 8.98. The van der Waals surface area contributed by atoms with Gasteiger partial charge in [-0.2, -0.15) is 0 Å². The third-order valence-corrected chi connectivity index (χ3v) is 5.66. The van der Waals surface area contributed by atoms with Gasteiger partial charge in [0.1, 0.15) is 12.1 Å². The highest BCUT2D eigenvalue weighted by Crippen LogP contribution is 2.28. The van der Waals surface area contributed by atoms with Crippen LogP contribution < -0.4 is 10.2 Å². The first-order chi connectivity index (χ1) is 11.3. The first-order valence-electron chi connectivity index (χ1n) is 8.25. The average Bonchev–Trinajstić information content (AvgIpc) is 3.11. The van der Waals surface area contributed by atoms with Crippen molar-refractivity contribution in [3.05, 3.63) is 17.8 Å². The van der Waals surface area contributed by atoms with E-state index in [2.05, 4.69) is 25.6 Å². The second-order valence-electron chi connectivity index (χ2n) is 6.19. The van der Waals surface area contributed by atoms with E-state index in [-0.39, 0.29) is 30.7 Å². The zero-order chi connectivity index (χ0) is 15.6. The molecular formula is C16H23Cl2N5OS. The molecule has 2 saturated heterocycles. The summed E-state index contributed by atoms with van der Waals surface area (Å²) < 4.78 is 1.14. The van der Waals surface area contributed by atoms with E-state index in [0.717, 1.165) is 68.1 Å². The average molecular weight is 404 g/mol. The molecule has 25 heavy (non-hydrogen) atoms. The van der Waals surface area contributed by atoms with Crippen LogP contribution in [0, 0.1) is 5.92 Å².